The van der Waals surface area contributed by atoms with Crippen molar-refractivity contribution in [3.63, 3.8) is 0 Å². The van der Waals surface area contributed by atoms with E-state index < -0.39 is 79.1 Å². The molecule has 2 rings (SSSR count). The van der Waals surface area contributed by atoms with Crippen molar-refractivity contribution in [3.05, 3.63) is 18.2 Å². The van der Waals surface area contributed by atoms with Crippen LogP contribution in [0.3, 0.4) is 0 Å². The van der Waals surface area contributed by atoms with Crippen LogP contribution in [0.2, 0.25) is 0 Å². The van der Waals surface area contributed by atoms with Gasteiger partial charge in [0.25, 0.3) is 0 Å². The van der Waals surface area contributed by atoms with E-state index in [4.69, 9.17) is 5.11 Å². The van der Waals surface area contributed by atoms with Gasteiger partial charge in [0.05, 0.1) is 18.8 Å². The number of carbonyl (C=O) groups is 6. The first kappa shape index (κ1) is 27.2. The maximum Gasteiger partial charge on any atom is 0.326 e. The number of carboxylic acids is 3. The minimum absolute atomic E-state index is 0.0396. The molecule has 0 bridgehead atoms. The minimum Gasteiger partial charge on any atom is -0.481 e. The van der Waals surface area contributed by atoms with Gasteiger partial charge in [-0.25, -0.2) is 9.78 Å². The van der Waals surface area contributed by atoms with Gasteiger partial charge in [-0.1, -0.05) is 0 Å². The van der Waals surface area contributed by atoms with Gasteiger partial charge in [0.2, 0.25) is 17.7 Å². The van der Waals surface area contributed by atoms with Gasteiger partial charge in [-0.3, -0.25) is 24.0 Å². The Labute approximate surface area is 199 Å². The molecule has 1 fully saturated rings. The summed E-state index contributed by atoms with van der Waals surface area (Å²) in [5, 5.41) is 37.1. The predicted molar refractivity (Wildman–Crippen MR) is 116 cm³/mol. The zero-order chi connectivity index (χ0) is 26.0. The molecule has 8 N–H and O–H groups in total. The van der Waals surface area contributed by atoms with Crippen LogP contribution >= 0.6 is 0 Å². The Bertz CT molecular complexity index is 930. The number of rotatable bonds is 14. The summed E-state index contributed by atoms with van der Waals surface area (Å²) >= 11 is 0. The smallest absolute Gasteiger partial charge is 0.326 e. The third-order valence-electron chi connectivity index (χ3n) is 5.26. The van der Waals surface area contributed by atoms with E-state index in [1.165, 1.54) is 12.5 Å². The summed E-state index contributed by atoms with van der Waals surface area (Å²) in [5.41, 5.74) is 0.490. The molecule has 3 amide bonds. The summed E-state index contributed by atoms with van der Waals surface area (Å²) in [6.45, 7) is 0.642. The standard InChI is InChI=1S/C20H28N6O9/c27-15(28)4-3-12(20(34)35)24-19(33)14(7-16(29)30)26-18(32)13(6-10-8-21-9-23-10)25-17(31)11-2-1-5-22-11/h8-9,11-14,22H,1-7H2,(H,21,23)(H,24,33)(H,25,31)(H,26,32)(H,27,28)(H,29,30)(H,34,35). The monoisotopic (exact) mass is 496 g/mol. The van der Waals surface area contributed by atoms with Crippen LogP contribution in [0.5, 0.6) is 0 Å². The predicted octanol–water partition coefficient (Wildman–Crippen LogP) is -2.42. The van der Waals surface area contributed by atoms with Crippen LogP contribution in [0.1, 0.15) is 37.8 Å². The van der Waals surface area contributed by atoms with Crippen LogP contribution in [0.25, 0.3) is 0 Å². The zero-order valence-corrected chi connectivity index (χ0v) is 18.7. The van der Waals surface area contributed by atoms with Gasteiger partial charge >= 0.3 is 17.9 Å². The number of hydrogen-bond donors (Lipinski definition) is 8. The summed E-state index contributed by atoms with van der Waals surface area (Å²) in [4.78, 5) is 78.2. The van der Waals surface area contributed by atoms with E-state index in [-0.39, 0.29) is 6.42 Å². The van der Waals surface area contributed by atoms with E-state index in [2.05, 4.69) is 31.2 Å². The second-order valence-electron chi connectivity index (χ2n) is 7.98. The van der Waals surface area contributed by atoms with Gasteiger partial charge in [0, 0.05) is 24.7 Å². The maximum absolute atomic E-state index is 13.0. The first-order valence-corrected chi connectivity index (χ1v) is 10.8. The van der Waals surface area contributed by atoms with Crippen molar-refractivity contribution >= 4 is 35.6 Å². The SMILES string of the molecule is O=C(O)CCC(NC(=O)C(CC(=O)O)NC(=O)C(Cc1cnc[nH]1)NC(=O)C1CCCN1)C(=O)O. The molecule has 1 aliphatic heterocycles. The van der Waals surface area contributed by atoms with E-state index in [9.17, 15) is 39.0 Å². The first-order valence-electron chi connectivity index (χ1n) is 10.8. The molecule has 1 aliphatic rings. The number of carbonyl (C=O) groups excluding carboxylic acids is 3. The normalized spacial score (nSPS) is 17.5. The fourth-order valence-corrected chi connectivity index (χ4v) is 3.46. The van der Waals surface area contributed by atoms with E-state index >= 15 is 0 Å². The van der Waals surface area contributed by atoms with E-state index in [0.717, 1.165) is 6.42 Å². The lowest BCUT2D eigenvalue weighted by Gasteiger charge is -2.24. The van der Waals surface area contributed by atoms with Crippen LogP contribution in [-0.2, 0) is 35.2 Å². The van der Waals surface area contributed by atoms with Crippen molar-refractivity contribution in [3.8, 4) is 0 Å². The van der Waals surface area contributed by atoms with Crippen molar-refractivity contribution < 1.29 is 44.1 Å². The average Bonchev–Trinajstić information content (AvgIpc) is 3.49. The van der Waals surface area contributed by atoms with Gasteiger partial charge in [-0.15, -0.1) is 0 Å². The molecule has 0 aliphatic carbocycles. The van der Waals surface area contributed by atoms with Crippen molar-refractivity contribution in [2.75, 3.05) is 6.54 Å². The lowest BCUT2D eigenvalue weighted by atomic mass is 10.1. The van der Waals surface area contributed by atoms with Gasteiger partial charge < -0.3 is 41.6 Å². The average molecular weight is 496 g/mol. The molecule has 2 heterocycles. The van der Waals surface area contributed by atoms with Gasteiger partial charge in [-0.05, 0) is 25.8 Å². The Morgan fingerprint density at radius 2 is 1.66 bits per heavy atom. The summed E-state index contributed by atoms with van der Waals surface area (Å²) in [5.74, 6) is -6.69. The largest absolute Gasteiger partial charge is 0.481 e. The maximum atomic E-state index is 13.0. The Kier molecular flexibility index (Phi) is 10.1. The fourth-order valence-electron chi connectivity index (χ4n) is 3.46. The summed E-state index contributed by atoms with van der Waals surface area (Å²) < 4.78 is 0. The Hall–Kier alpha value is -4.01. The lowest BCUT2D eigenvalue weighted by Crippen LogP contribution is -2.58. The number of imidazole rings is 1. The molecule has 4 atom stereocenters. The lowest BCUT2D eigenvalue weighted by molar-refractivity contribution is -0.144. The third-order valence-corrected chi connectivity index (χ3v) is 5.26. The molecule has 0 radical (unpaired) electrons. The Balaban J connectivity index is 2.14. The Morgan fingerprint density at radius 3 is 2.20 bits per heavy atom. The number of hydrogen-bond acceptors (Lipinski definition) is 8. The van der Waals surface area contributed by atoms with E-state index in [0.29, 0.717) is 18.7 Å². The molecule has 1 saturated heterocycles. The zero-order valence-electron chi connectivity index (χ0n) is 18.7. The summed E-state index contributed by atoms with van der Waals surface area (Å²) in [7, 11) is 0. The van der Waals surface area contributed by atoms with Crippen LogP contribution in [0.15, 0.2) is 12.5 Å². The molecule has 15 nitrogen and oxygen atoms in total. The highest BCUT2D eigenvalue weighted by Crippen LogP contribution is 2.08. The quantitative estimate of drug-likeness (QED) is 0.135. The molecule has 0 spiro atoms. The highest BCUT2D eigenvalue weighted by Gasteiger charge is 2.33. The number of nitrogens with one attached hydrogen (secondary N) is 5. The number of amides is 3. The third kappa shape index (κ3) is 9.04. The first-order chi connectivity index (χ1) is 16.6. The highest BCUT2D eigenvalue weighted by atomic mass is 16.4. The second kappa shape index (κ2) is 13.0. The van der Waals surface area contributed by atoms with Crippen molar-refractivity contribution in [2.45, 2.75) is 62.7 Å². The molecule has 35 heavy (non-hydrogen) atoms. The van der Waals surface area contributed by atoms with Crippen molar-refractivity contribution in [2.24, 2.45) is 0 Å². The number of aromatic amines is 1. The molecule has 4 unspecified atom stereocenters. The fraction of sp³-hybridized carbons (Fsp3) is 0.550. The van der Waals surface area contributed by atoms with Gasteiger partial charge in [0.15, 0.2) is 0 Å². The summed E-state index contributed by atoms with van der Waals surface area (Å²) in [6, 6.07) is -4.99. The van der Waals surface area contributed by atoms with E-state index in [1.54, 1.807) is 0 Å². The van der Waals surface area contributed by atoms with Crippen LogP contribution < -0.4 is 21.3 Å². The minimum atomic E-state index is -1.68. The molecule has 1 aromatic heterocycles. The number of carboxylic acid groups (broad SMARTS) is 3. The number of nitrogens with zero attached hydrogens (tertiary/aromatic N) is 1. The molecular weight excluding hydrogens is 468 g/mol. The topological polar surface area (TPSA) is 240 Å². The van der Waals surface area contributed by atoms with Gasteiger partial charge in [0.1, 0.15) is 18.1 Å². The molecule has 15 heteroatoms. The molecule has 192 valence electrons. The van der Waals surface area contributed by atoms with Crippen LogP contribution in [0, 0.1) is 0 Å². The number of H-pyrrole nitrogens is 1. The highest BCUT2D eigenvalue weighted by molar-refractivity contribution is 5.95. The van der Waals surface area contributed by atoms with E-state index in [1.807, 2.05) is 0 Å². The Morgan fingerprint density at radius 1 is 0.971 bits per heavy atom. The summed E-state index contributed by atoms with van der Waals surface area (Å²) in [6.07, 6.45) is 2.23. The van der Waals surface area contributed by atoms with Gasteiger partial charge in [-0.2, -0.15) is 0 Å². The molecular formula is C20H28N6O9. The second-order valence-corrected chi connectivity index (χ2v) is 7.98. The van der Waals surface area contributed by atoms with Crippen molar-refractivity contribution in [1.82, 2.24) is 31.2 Å². The number of aromatic nitrogens is 2. The number of aliphatic carboxylic acids is 3. The molecule has 0 saturated carbocycles. The van der Waals surface area contributed by atoms with Crippen LogP contribution in [-0.4, -0.2) is 91.6 Å². The van der Waals surface area contributed by atoms with Crippen LogP contribution in [0.4, 0.5) is 0 Å². The molecule has 1 aromatic rings. The molecule has 0 aromatic carbocycles. The van der Waals surface area contributed by atoms with Crippen molar-refractivity contribution in [1.29, 1.82) is 0 Å².